The molecule has 2 aromatic carbocycles. The Morgan fingerprint density at radius 1 is 0.950 bits per heavy atom. The zero-order valence-electron chi connectivity index (χ0n) is 10.8. The molecule has 2 unspecified atom stereocenters. The van der Waals surface area contributed by atoms with E-state index in [0.717, 1.165) is 17.7 Å². The molecular formula is C15H14F3NO. The van der Waals surface area contributed by atoms with Crippen molar-refractivity contribution < 1.29 is 17.9 Å². The van der Waals surface area contributed by atoms with Crippen LogP contribution in [0.3, 0.4) is 0 Å². The molecule has 0 radical (unpaired) electrons. The van der Waals surface area contributed by atoms with Gasteiger partial charge >= 0.3 is 0 Å². The highest BCUT2D eigenvalue weighted by Gasteiger charge is 2.26. The molecule has 0 amide bonds. The number of nitrogens with two attached hydrogens (primary N) is 1. The molecule has 2 atom stereocenters. The van der Waals surface area contributed by atoms with E-state index in [9.17, 15) is 13.2 Å². The van der Waals surface area contributed by atoms with Crippen LogP contribution in [0.2, 0.25) is 0 Å². The van der Waals surface area contributed by atoms with Gasteiger partial charge in [-0.15, -0.1) is 0 Å². The summed E-state index contributed by atoms with van der Waals surface area (Å²) in [5.74, 6) is -4.05. The Hall–Kier alpha value is -1.85. The normalized spacial score (nSPS) is 14.1. The zero-order valence-corrected chi connectivity index (χ0v) is 10.8. The van der Waals surface area contributed by atoms with Crippen molar-refractivity contribution in [1.82, 2.24) is 0 Å². The fraction of sp³-hybridized carbons (Fsp3) is 0.200. The summed E-state index contributed by atoms with van der Waals surface area (Å²) in [5, 5.41) is 0. The van der Waals surface area contributed by atoms with Gasteiger partial charge in [0.1, 0.15) is 6.10 Å². The van der Waals surface area contributed by atoms with Crippen LogP contribution in [0.15, 0.2) is 42.5 Å². The summed E-state index contributed by atoms with van der Waals surface area (Å²) in [6, 6.07) is 9.97. The molecule has 0 aliphatic carbocycles. The molecule has 0 bridgehead atoms. The van der Waals surface area contributed by atoms with Crippen molar-refractivity contribution in [2.24, 2.45) is 5.73 Å². The Balaban J connectivity index is 2.39. The maximum Gasteiger partial charge on any atom is 0.194 e. The highest BCUT2D eigenvalue weighted by Crippen LogP contribution is 2.32. The van der Waals surface area contributed by atoms with Gasteiger partial charge in [-0.3, -0.25) is 0 Å². The Bertz CT molecular complexity index is 589. The van der Waals surface area contributed by atoms with Crippen molar-refractivity contribution in [3.8, 4) is 0 Å². The minimum absolute atomic E-state index is 0.125. The molecule has 0 aliphatic heterocycles. The van der Waals surface area contributed by atoms with Crippen molar-refractivity contribution in [3.05, 3.63) is 71.0 Å². The standard InChI is InChI=1S/C15H14F3NO/c1-20-15(9-5-3-2-4-6-9)14(19)10-7-8-11(16)13(18)12(10)17/h2-8,14-15H,19H2,1H3. The topological polar surface area (TPSA) is 35.2 Å². The van der Waals surface area contributed by atoms with E-state index in [2.05, 4.69) is 0 Å². The number of benzene rings is 2. The van der Waals surface area contributed by atoms with E-state index in [0.29, 0.717) is 0 Å². The lowest BCUT2D eigenvalue weighted by Gasteiger charge is -2.23. The van der Waals surface area contributed by atoms with Gasteiger partial charge in [0.2, 0.25) is 0 Å². The van der Waals surface area contributed by atoms with Gasteiger partial charge in [0.15, 0.2) is 17.5 Å². The SMILES string of the molecule is COC(c1ccccc1)C(N)c1ccc(F)c(F)c1F. The van der Waals surface area contributed by atoms with Gasteiger partial charge in [-0.25, -0.2) is 13.2 Å². The maximum absolute atomic E-state index is 13.8. The minimum Gasteiger partial charge on any atom is -0.375 e. The van der Waals surface area contributed by atoms with Crippen molar-refractivity contribution in [3.63, 3.8) is 0 Å². The van der Waals surface area contributed by atoms with Crippen LogP contribution < -0.4 is 5.73 Å². The lowest BCUT2D eigenvalue weighted by atomic mass is 9.96. The van der Waals surface area contributed by atoms with E-state index in [1.807, 2.05) is 6.07 Å². The molecule has 0 heterocycles. The predicted octanol–water partition coefficient (Wildman–Crippen LogP) is 3.49. The summed E-state index contributed by atoms with van der Waals surface area (Å²) in [6.07, 6.45) is -0.657. The second-order valence-corrected chi connectivity index (χ2v) is 4.36. The van der Waals surface area contributed by atoms with Gasteiger partial charge in [-0.05, 0) is 11.6 Å². The second kappa shape index (κ2) is 6.07. The lowest BCUT2D eigenvalue weighted by molar-refractivity contribution is 0.0788. The van der Waals surface area contributed by atoms with Gasteiger partial charge in [0, 0.05) is 12.7 Å². The van der Waals surface area contributed by atoms with Crippen LogP contribution >= 0.6 is 0 Å². The molecule has 20 heavy (non-hydrogen) atoms. The van der Waals surface area contributed by atoms with E-state index < -0.39 is 29.6 Å². The fourth-order valence-corrected chi connectivity index (χ4v) is 2.09. The van der Waals surface area contributed by atoms with Crippen molar-refractivity contribution >= 4 is 0 Å². The minimum atomic E-state index is -1.53. The zero-order chi connectivity index (χ0) is 14.7. The Morgan fingerprint density at radius 3 is 2.20 bits per heavy atom. The molecular weight excluding hydrogens is 267 g/mol. The summed E-state index contributed by atoms with van der Waals surface area (Å²) in [6.45, 7) is 0. The van der Waals surface area contributed by atoms with E-state index in [1.165, 1.54) is 7.11 Å². The predicted molar refractivity (Wildman–Crippen MR) is 69.4 cm³/mol. The molecule has 5 heteroatoms. The first-order valence-corrected chi connectivity index (χ1v) is 6.03. The number of halogens is 3. The van der Waals surface area contributed by atoms with Gasteiger partial charge in [-0.1, -0.05) is 36.4 Å². The van der Waals surface area contributed by atoms with E-state index in [1.54, 1.807) is 24.3 Å². The monoisotopic (exact) mass is 281 g/mol. The van der Waals surface area contributed by atoms with E-state index in [4.69, 9.17) is 10.5 Å². The van der Waals surface area contributed by atoms with Gasteiger partial charge in [0.25, 0.3) is 0 Å². The number of ether oxygens (including phenoxy) is 1. The molecule has 2 aromatic rings. The van der Waals surface area contributed by atoms with Crippen molar-refractivity contribution in [1.29, 1.82) is 0 Å². The number of hydrogen-bond donors (Lipinski definition) is 1. The van der Waals surface area contributed by atoms with Crippen LogP contribution in [0.1, 0.15) is 23.3 Å². The summed E-state index contributed by atoms with van der Waals surface area (Å²) in [7, 11) is 1.43. The Kier molecular flexibility index (Phi) is 4.42. The van der Waals surface area contributed by atoms with Gasteiger partial charge in [-0.2, -0.15) is 0 Å². The van der Waals surface area contributed by atoms with Crippen LogP contribution in [0.25, 0.3) is 0 Å². The maximum atomic E-state index is 13.8. The molecule has 106 valence electrons. The smallest absolute Gasteiger partial charge is 0.194 e. The third-order valence-corrected chi connectivity index (χ3v) is 3.13. The molecule has 2 nitrogen and oxygen atoms in total. The van der Waals surface area contributed by atoms with Crippen LogP contribution in [0, 0.1) is 17.5 Å². The highest BCUT2D eigenvalue weighted by molar-refractivity contribution is 5.28. The van der Waals surface area contributed by atoms with Crippen LogP contribution in [-0.4, -0.2) is 7.11 Å². The third-order valence-electron chi connectivity index (χ3n) is 3.13. The molecule has 0 fully saturated rings. The Morgan fingerprint density at radius 2 is 1.60 bits per heavy atom. The molecule has 2 rings (SSSR count). The summed E-state index contributed by atoms with van der Waals surface area (Å²) >= 11 is 0. The highest BCUT2D eigenvalue weighted by atomic mass is 19.2. The largest absolute Gasteiger partial charge is 0.375 e. The first-order chi connectivity index (χ1) is 9.56. The molecule has 2 N–H and O–H groups in total. The van der Waals surface area contributed by atoms with Gasteiger partial charge in [0.05, 0.1) is 6.04 Å². The fourth-order valence-electron chi connectivity index (χ4n) is 2.09. The second-order valence-electron chi connectivity index (χ2n) is 4.36. The van der Waals surface area contributed by atoms with Crippen LogP contribution in [0.5, 0.6) is 0 Å². The van der Waals surface area contributed by atoms with Crippen LogP contribution in [0.4, 0.5) is 13.2 Å². The molecule has 0 aliphatic rings. The van der Waals surface area contributed by atoms with E-state index >= 15 is 0 Å². The average molecular weight is 281 g/mol. The summed E-state index contributed by atoms with van der Waals surface area (Å²) in [5.41, 5.74) is 6.55. The number of rotatable bonds is 4. The number of hydrogen-bond acceptors (Lipinski definition) is 2. The third kappa shape index (κ3) is 2.69. The molecule has 0 saturated heterocycles. The first kappa shape index (κ1) is 14.6. The quantitative estimate of drug-likeness (QED) is 0.871. The first-order valence-electron chi connectivity index (χ1n) is 6.03. The lowest BCUT2D eigenvalue weighted by Crippen LogP contribution is -2.23. The number of methoxy groups -OCH3 is 1. The summed E-state index contributed by atoms with van der Waals surface area (Å²) in [4.78, 5) is 0. The Labute approximate surface area is 115 Å². The van der Waals surface area contributed by atoms with Crippen LogP contribution in [-0.2, 0) is 4.74 Å². The average Bonchev–Trinajstić information content (AvgIpc) is 2.47. The van der Waals surface area contributed by atoms with E-state index in [-0.39, 0.29) is 5.56 Å². The molecule has 0 spiro atoms. The van der Waals surface area contributed by atoms with Crippen molar-refractivity contribution in [2.45, 2.75) is 12.1 Å². The molecule has 0 aromatic heterocycles. The molecule has 0 saturated carbocycles. The van der Waals surface area contributed by atoms with Gasteiger partial charge < -0.3 is 10.5 Å². The van der Waals surface area contributed by atoms with Crippen molar-refractivity contribution in [2.75, 3.05) is 7.11 Å². The summed E-state index contributed by atoms with van der Waals surface area (Å²) < 4.78 is 45.3.